The van der Waals surface area contributed by atoms with Gasteiger partial charge in [-0.05, 0) is 43.5 Å². The highest BCUT2D eigenvalue weighted by molar-refractivity contribution is 9.10. The van der Waals surface area contributed by atoms with Gasteiger partial charge in [-0.3, -0.25) is 0 Å². The van der Waals surface area contributed by atoms with Crippen LogP contribution in [0.15, 0.2) is 22.7 Å². The molecule has 0 bridgehead atoms. The highest BCUT2D eigenvalue weighted by Gasteiger charge is 2.08. The summed E-state index contributed by atoms with van der Waals surface area (Å²) in [4.78, 5) is 4.40. The number of hydrogen-bond acceptors (Lipinski definition) is 4. The summed E-state index contributed by atoms with van der Waals surface area (Å²) in [7, 11) is 0. The molecule has 0 fully saturated rings. The number of aryl methyl sites for hydroxylation is 3. The van der Waals surface area contributed by atoms with E-state index in [0.717, 1.165) is 34.3 Å². The van der Waals surface area contributed by atoms with Gasteiger partial charge in [-0.15, -0.1) is 5.10 Å². The molecule has 2 aromatic rings. The molecule has 0 atom stereocenters. The van der Waals surface area contributed by atoms with E-state index in [1.165, 1.54) is 0 Å². The van der Waals surface area contributed by atoms with Crippen LogP contribution in [0.25, 0.3) is 0 Å². The number of hydrogen-bond donors (Lipinski definition) is 0. The van der Waals surface area contributed by atoms with E-state index < -0.39 is 0 Å². The summed E-state index contributed by atoms with van der Waals surface area (Å²) in [6, 6.07) is 6.06. The second-order valence-electron chi connectivity index (χ2n) is 4.21. The van der Waals surface area contributed by atoms with E-state index in [1.807, 2.05) is 32.0 Å². The number of aromatic nitrogens is 3. The van der Waals surface area contributed by atoms with Crippen LogP contribution in [0.4, 0.5) is 0 Å². The van der Waals surface area contributed by atoms with Gasteiger partial charge in [0.25, 0.3) is 0 Å². The zero-order valence-electron chi connectivity index (χ0n) is 11.3. The van der Waals surface area contributed by atoms with E-state index >= 15 is 0 Å². The van der Waals surface area contributed by atoms with Gasteiger partial charge >= 0.3 is 6.01 Å². The summed E-state index contributed by atoms with van der Waals surface area (Å²) < 4.78 is 6.70. The summed E-state index contributed by atoms with van der Waals surface area (Å²) >= 11 is 3.46. The molecule has 0 spiro atoms. The number of ether oxygens (including phenoxy) is 1. The Labute approximate surface area is 121 Å². The lowest BCUT2D eigenvalue weighted by molar-refractivity contribution is 0.428. The van der Waals surface area contributed by atoms with Gasteiger partial charge in [0.2, 0.25) is 0 Å². The zero-order chi connectivity index (χ0) is 13.8. The Morgan fingerprint density at radius 1 is 1.11 bits per heavy atom. The maximum absolute atomic E-state index is 5.65. The van der Waals surface area contributed by atoms with Crippen molar-refractivity contribution in [3.05, 3.63) is 39.6 Å². The van der Waals surface area contributed by atoms with Crippen LogP contribution in [-0.2, 0) is 12.8 Å². The van der Waals surface area contributed by atoms with Crippen molar-refractivity contribution in [1.82, 2.24) is 15.2 Å². The van der Waals surface area contributed by atoms with Gasteiger partial charge in [-0.2, -0.15) is 4.98 Å². The fourth-order valence-electron chi connectivity index (χ4n) is 1.75. The Morgan fingerprint density at radius 2 is 1.84 bits per heavy atom. The van der Waals surface area contributed by atoms with Gasteiger partial charge in [0.05, 0.1) is 11.4 Å². The van der Waals surface area contributed by atoms with E-state index in [2.05, 4.69) is 38.0 Å². The zero-order valence-corrected chi connectivity index (χ0v) is 12.9. The second-order valence-corrected chi connectivity index (χ2v) is 5.06. The van der Waals surface area contributed by atoms with Crippen molar-refractivity contribution in [2.45, 2.75) is 33.6 Å². The summed E-state index contributed by atoms with van der Waals surface area (Å²) in [5.74, 6) is 0.716. The quantitative estimate of drug-likeness (QED) is 0.857. The second kappa shape index (κ2) is 6.10. The Hall–Kier alpha value is -1.49. The van der Waals surface area contributed by atoms with Gasteiger partial charge in [0, 0.05) is 4.47 Å². The molecule has 0 aliphatic rings. The Bertz CT molecular complexity index is 587. The number of rotatable bonds is 4. The van der Waals surface area contributed by atoms with Crippen LogP contribution in [0.1, 0.15) is 30.8 Å². The lowest BCUT2D eigenvalue weighted by Gasteiger charge is -2.08. The van der Waals surface area contributed by atoms with Gasteiger partial charge in [-0.1, -0.05) is 34.9 Å². The van der Waals surface area contributed by atoms with Gasteiger partial charge < -0.3 is 4.74 Å². The van der Waals surface area contributed by atoms with E-state index in [1.54, 1.807) is 0 Å². The lowest BCUT2D eigenvalue weighted by Crippen LogP contribution is -2.04. The van der Waals surface area contributed by atoms with Crippen molar-refractivity contribution in [1.29, 1.82) is 0 Å². The average molecular weight is 322 g/mol. The molecule has 0 amide bonds. The molecule has 0 radical (unpaired) electrons. The first kappa shape index (κ1) is 13.9. The number of halogens is 1. The van der Waals surface area contributed by atoms with Crippen LogP contribution in [-0.4, -0.2) is 15.2 Å². The van der Waals surface area contributed by atoms with Crippen molar-refractivity contribution in [3.63, 3.8) is 0 Å². The van der Waals surface area contributed by atoms with Crippen LogP contribution in [0.3, 0.4) is 0 Å². The minimum Gasteiger partial charge on any atom is -0.423 e. The Morgan fingerprint density at radius 3 is 2.47 bits per heavy atom. The van der Waals surface area contributed by atoms with E-state index in [9.17, 15) is 0 Å². The third kappa shape index (κ3) is 3.29. The van der Waals surface area contributed by atoms with E-state index in [4.69, 9.17) is 4.74 Å². The minimum absolute atomic E-state index is 0.302. The van der Waals surface area contributed by atoms with Crippen molar-refractivity contribution in [3.8, 4) is 11.8 Å². The third-order valence-electron chi connectivity index (χ3n) is 2.83. The van der Waals surface area contributed by atoms with Crippen molar-refractivity contribution >= 4 is 15.9 Å². The lowest BCUT2D eigenvalue weighted by atomic mass is 10.2. The SMILES string of the molecule is CCc1nnc(Oc2ccc(Br)c(C)c2)nc1CC. The first-order valence-electron chi connectivity index (χ1n) is 6.30. The molecule has 0 unspecified atom stereocenters. The Balaban J connectivity index is 2.25. The molecule has 0 saturated heterocycles. The number of benzene rings is 1. The smallest absolute Gasteiger partial charge is 0.341 e. The standard InChI is InChI=1S/C14H16BrN3O/c1-4-12-13(5-2)17-18-14(16-12)19-10-6-7-11(15)9(3)8-10/h6-8H,4-5H2,1-3H3. The van der Waals surface area contributed by atoms with E-state index in [0.29, 0.717) is 11.8 Å². The first-order valence-corrected chi connectivity index (χ1v) is 7.09. The maximum Gasteiger partial charge on any atom is 0.341 e. The molecule has 4 nitrogen and oxygen atoms in total. The van der Waals surface area contributed by atoms with Gasteiger partial charge in [0.15, 0.2) is 0 Å². The minimum atomic E-state index is 0.302. The molecule has 0 N–H and O–H groups in total. The largest absolute Gasteiger partial charge is 0.423 e. The fourth-order valence-corrected chi connectivity index (χ4v) is 2.00. The predicted molar refractivity (Wildman–Crippen MR) is 77.5 cm³/mol. The summed E-state index contributed by atoms with van der Waals surface area (Å²) in [5, 5.41) is 8.17. The molecule has 1 aromatic carbocycles. The average Bonchev–Trinajstić information content (AvgIpc) is 2.43. The summed E-state index contributed by atoms with van der Waals surface area (Å²) in [6.45, 7) is 6.11. The molecule has 0 saturated carbocycles. The summed E-state index contributed by atoms with van der Waals surface area (Å²) in [5.41, 5.74) is 2.98. The predicted octanol–water partition coefficient (Wildman–Crippen LogP) is 3.86. The van der Waals surface area contributed by atoms with Crippen molar-refractivity contribution < 1.29 is 4.74 Å². The molecule has 1 aromatic heterocycles. The van der Waals surface area contributed by atoms with Crippen molar-refractivity contribution in [2.75, 3.05) is 0 Å². The van der Waals surface area contributed by atoms with Crippen LogP contribution in [0.2, 0.25) is 0 Å². The molecule has 5 heteroatoms. The van der Waals surface area contributed by atoms with Crippen LogP contribution < -0.4 is 4.74 Å². The van der Waals surface area contributed by atoms with Gasteiger partial charge in [-0.25, -0.2) is 0 Å². The summed E-state index contributed by atoms with van der Waals surface area (Å²) in [6.07, 6.45) is 1.66. The molecule has 1 heterocycles. The van der Waals surface area contributed by atoms with E-state index in [-0.39, 0.29) is 0 Å². The monoisotopic (exact) mass is 321 g/mol. The molecular weight excluding hydrogens is 306 g/mol. The highest BCUT2D eigenvalue weighted by atomic mass is 79.9. The highest BCUT2D eigenvalue weighted by Crippen LogP contribution is 2.24. The van der Waals surface area contributed by atoms with Gasteiger partial charge in [0.1, 0.15) is 5.75 Å². The molecule has 2 rings (SSSR count). The first-order chi connectivity index (χ1) is 9.13. The van der Waals surface area contributed by atoms with Crippen molar-refractivity contribution in [2.24, 2.45) is 0 Å². The molecule has 19 heavy (non-hydrogen) atoms. The molecule has 0 aliphatic heterocycles. The Kier molecular flexibility index (Phi) is 4.47. The normalized spacial score (nSPS) is 10.5. The maximum atomic E-state index is 5.65. The van der Waals surface area contributed by atoms with Crippen LogP contribution in [0, 0.1) is 6.92 Å². The van der Waals surface area contributed by atoms with Crippen LogP contribution >= 0.6 is 15.9 Å². The topological polar surface area (TPSA) is 47.9 Å². The molecular formula is C14H16BrN3O. The number of nitrogens with zero attached hydrogens (tertiary/aromatic N) is 3. The third-order valence-corrected chi connectivity index (χ3v) is 3.72. The fraction of sp³-hybridized carbons (Fsp3) is 0.357. The van der Waals surface area contributed by atoms with Crippen LogP contribution in [0.5, 0.6) is 11.8 Å². The molecule has 100 valence electrons. The molecule has 0 aliphatic carbocycles.